The molecule has 0 unspecified atom stereocenters. The van der Waals surface area contributed by atoms with Crippen LogP contribution in [-0.2, 0) is 14.9 Å². The normalized spacial score (nSPS) is 18.1. The number of rotatable bonds is 4. The van der Waals surface area contributed by atoms with Gasteiger partial charge in [0.15, 0.2) is 6.29 Å². The third-order valence-electron chi connectivity index (χ3n) is 4.01. The van der Waals surface area contributed by atoms with Crippen molar-refractivity contribution in [3.8, 4) is 0 Å². The predicted molar refractivity (Wildman–Crippen MR) is 85.5 cm³/mol. The second-order valence-corrected chi connectivity index (χ2v) is 5.43. The van der Waals surface area contributed by atoms with E-state index in [9.17, 15) is 10.1 Å². The average Bonchev–Trinajstić information content (AvgIpc) is 2.62. The molecule has 0 aromatic heterocycles. The quantitative estimate of drug-likeness (QED) is 0.643. The Morgan fingerprint density at radius 1 is 0.957 bits per heavy atom. The van der Waals surface area contributed by atoms with Gasteiger partial charge < -0.3 is 9.47 Å². The van der Waals surface area contributed by atoms with E-state index < -0.39 is 16.6 Å². The van der Waals surface area contributed by atoms with Crippen molar-refractivity contribution in [1.82, 2.24) is 0 Å². The minimum absolute atomic E-state index is 0.397. The maximum absolute atomic E-state index is 10.4. The summed E-state index contributed by atoms with van der Waals surface area (Å²) in [5.41, 5.74) is 1.78. The minimum Gasteiger partial charge on any atom is -0.347 e. The Balaban J connectivity index is 1.90. The molecule has 0 saturated carbocycles. The van der Waals surface area contributed by atoms with Gasteiger partial charge in [-0.15, -0.1) is 0 Å². The first-order chi connectivity index (χ1) is 11.2. The summed E-state index contributed by atoms with van der Waals surface area (Å²) in [7, 11) is 0. The highest BCUT2D eigenvalue weighted by Crippen LogP contribution is 2.36. The molecule has 0 spiro atoms. The van der Waals surface area contributed by atoms with Gasteiger partial charge in [-0.2, -0.15) is 0 Å². The lowest BCUT2D eigenvalue weighted by Crippen LogP contribution is -2.45. The van der Waals surface area contributed by atoms with Crippen LogP contribution < -0.4 is 0 Å². The fourth-order valence-corrected chi connectivity index (χ4v) is 2.80. The minimum atomic E-state index is -0.694. The zero-order valence-corrected chi connectivity index (χ0v) is 12.5. The molecule has 0 bridgehead atoms. The van der Waals surface area contributed by atoms with Gasteiger partial charge in [0.1, 0.15) is 0 Å². The number of nitrogens with zero attached hydrogens (tertiary/aromatic N) is 1. The molecule has 0 aliphatic carbocycles. The molecule has 0 N–H and O–H groups in total. The van der Waals surface area contributed by atoms with E-state index in [1.807, 2.05) is 60.7 Å². The molecule has 2 aromatic carbocycles. The zero-order valence-electron chi connectivity index (χ0n) is 12.5. The molecule has 23 heavy (non-hydrogen) atoms. The van der Waals surface area contributed by atoms with Gasteiger partial charge in [-0.25, -0.2) is 0 Å². The Labute approximate surface area is 134 Å². The van der Waals surface area contributed by atoms with Crippen molar-refractivity contribution < 1.29 is 14.4 Å². The van der Waals surface area contributed by atoms with Gasteiger partial charge in [-0.05, 0) is 11.1 Å². The predicted octanol–water partition coefficient (Wildman–Crippen LogP) is 3.14. The molecule has 118 valence electrons. The highest BCUT2D eigenvalue weighted by molar-refractivity contribution is 5.40. The lowest BCUT2D eigenvalue weighted by atomic mass is 9.75. The van der Waals surface area contributed by atoms with Crippen molar-refractivity contribution in [2.45, 2.75) is 11.7 Å². The van der Waals surface area contributed by atoms with E-state index in [0.29, 0.717) is 13.2 Å². The van der Waals surface area contributed by atoms with Gasteiger partial charge in [0.05, 0.1) is 23.6 Å². The number of hydrogen-bond acceptors (Lipinski definition) is 4. The van der Waals surface area contributed by atoms with Crippen molar-refractivity contribution in [2.24, 2.45) is 0 Å². The Hall–Kier alpha value is -2.50. The topological polar surface area (TPSA) is 61.6 Å². The van der Waals surface area contributed by atoms with E-state index in [1.165, 1.54) is 6.08 Å². The van der Waals surface area contributed by atoms with Crippen LogP contribution in [0.15, 0.2) is 72.9 Å². The van der Waals surface area contributed by atoms with E-state index in [-0.39, 0.29) is 0 Å². The molecular weight excluding hydrogens is 294 g/mol. The number of ether oxygens (including phenoxy) is 2. The summed E-state index contributed by atoms with van der Waals surface area (Å²) < 4.78 is 11.5. The molecule has 0 amide bonds. The van der Waals surface area contributed by atoms with E-state index in [0.717, 1.165) is 17.3 Å². The van der Waals surface area contributed by atoms with Crippen LogP contribution >= 0.6 is 0 Å². The van der Waals surface area contributed by atoms with Gasteiger partial charge >= 0.3 is 0 Å². The van der Waals surface area contributed by atoms with Crippen molar-refractivity contribution in [3.63, 3.8) is 0 Å². The van der Waals surface area contributed by atoms with Gasteiger partial charge in [-0.3, -0.25) is 10.1 Å². The maximum atomic E-state index is 10.4. The summed E-state index contributed by atoms with van der Waals surface area (Å²) in [5, 5.41) is 10.4. The van der Waals surface area contributed by atoms with Crippen LogP contribution in [0.25, 0.3) is 0 Å². The molecule has 5 heteroatoms. The van der Waals surface area contributed by atoms with E-state index >= 15 is 0 Å². The Bertz CT molecular complexity index is 635. The second-order valence-electron chi connectivity index (χ2n) is 5.43. The number of benzene rings is 2. The average molecular weight is 311 g/mol. The van der Waals surface area contributed by atoms with E-state index in [1.54, 1.807) is 0 Å². The summed E-state index contributed by atoms with van der Waals surface area (Å²) in [6, 6.07) is 20.1. The number of nitro groups is 1. The van der Waals surface area contributed by atoms with Crippen LogP contribution in [0.4, 0.5) is 0 Å². The highest BCUT2D eigenvalue weighted by Gasteiger charge is 2.39. The summed E-state index contributed by atoms with van der Waals surface area (Å²) >= 11 is 0. The van der Waals surface area contributed by atoms with Gasteiger partial charge in [0, 0.05) is 6.08 Å². The van der Waals surface area contributed by atoms with Crippen LogP contribution in [0, 0.1) is 10.1 Å². The largest absolute Gasteiger partial charge is 0.347 e. The van der Waals surface area contributed by atoms with Crippen molar-refractivity contribution in [2.75, 3.05) is 13.2 Å². The van der Waals surface area contributed by atoms with Crippen molar-refractivity contribution in [1.29, 1.82) is 0 Å². The van der Waals surface area contributed by atoms with Gasteiger partial charge in [0.2, 0.25) is 6.20 Å². The fraction of sp³-hybridized carbons (Fsp3) is 0.222. The smallest absolute Gasteiger partial charge is 0.235 e. The molecule has 1 aliphatic rings. The third-order valence-corrected chi connectivity index (χ3v) is 4.01. The third kappa shape index (κ3) is 3.31. The van der Waals surface area contributed by atoms with Crippen LogP contribution in [-0.4, -0.2) is 24.4 Å². The Morgan fingerprint density at radius 2 is 1.43 bits per heavy atom. The molecule has 0 radical (unpaired) electrons. The van der Waals surface area contributed by atoms with E-state index in [4.69, 9.17) is 9.47 Å². The summed E-state index contributed by atoms with van der Waals surface area (Å²) in [4.78, 5) is 9.90. The molecular formula is C18H17NO4. The first-order valence-electron chi connectivity index (χ1n) is 7.37. The fourth-order valence-electron chi connectivity index (χ4n) is 2.80. The van der Waals surface area contributed by atoms with E-state index in [2.05, 4.69) is 0 Å². The van der Waals surface area contributed by atoms with Crippen LogP contribution in [0.3, 0.4) is 0 Å². The molecule has 1 saturated heterocycles. The monoisotopic (exact) mass is 311 g/mol. The SMILES string of the molecule is O=[N+]([O-])/C=C/C1OCC(c2ccccc2)(c2ccccc2)CO1. The lowest BCUT2D eigenvalue weighted by molar-refractivity contribution is -0.403. The molecule has 5 nitrogen and oxygen atoms in total. The standard InChI is InChI=1S/C18H17NO4/c20-19(21)12-11-17-22-13-18(14-23-17,15-7-3-1-4-8-15)16-9-5-2-6-10-16/h1-12,17H,13-14H2/b12-11+. The van der Waals surface area contributed by atoms with Crippen LogP contribution in [0.2, 0.25) is 0 Å². The molecule has 2 aromatic rings. The highest BCUT2D eigenvalue weighted by atomic mass is 16.7. The zero-order chi connectivity index (χ0) is 16.1. The molecule has 1 heterocycles. The summed E-state index contributed by atoms with van der Waals surface area (Å²) in [6.07, 6.45) is 1.48. The van der Waals surface area contributed by atoms with Crippen molar-refractivity contribution in [3.05, 3.63) is 94.2 Å². The van der Waals surface area contributed by atoms with Gasteiger partial charge in [-0.1, -0.05) is 60.7 Å². The molecule has 3 rings (SSSR count). The van der Waals surface area contributed by atoms with Gasteiger partial charge in [0.25, 0.3) is 0 Å². The Morgan fingerprint density at radius 3 is 1.87 bits per heavy atom. The first kappa shape index (κ1) is 15.4. The van der Waals surface area contributed by atoms with Crippen molar-refractivity contribution >= 4 is 0 Å². The second kappa shape index (κ2) is 6.73. The molecule has 1 aliphatic heterocycles. The van der Waals surface area contributed by atoms with Crippen LogP contribution in [0.5, 0.6) is 0 Å². The maximum Gasteiger partial charge on any atom is 0.235 e. The number of hydrogen-bond donors (Lipinski definition) is 0. The molecule has 1 fully saturated rings. The van der Waals surface area contributed by atoms with Crippen LogP contribution in [0.1, 0.15) is 11.1 Å². The molecule has 0 atom stereocenters. The Kier molecular flexibility index (Phi) is 4.50. The summed E-state index contributed by atoms with van der Waals surface area (Å²) in [5.74, 6) is 0. The first-order valence-corrected chi connectivity index (χ1v) is 7.37. The summed E-state index contributed by atoms with van der Waals surface area (Å²) in [6.45, 7) is 0.793. The lowest BCUT2D eigenvalue weighted by Gasteiger charge is -2.40.